The summed E-state index contributed by atoms with van der Waals surface area (Å²) in [5.41, 5.74) is 0. The lowest BCUT2D eigenvalue weighted by Crippen LogP contribution is -2.30. The van der Waals surface area contributed by atoms with Crippen molar-refractivity contribution in [1.29, 1.82) is 0 Å². The van der Waals surface area contributed by atoms with Gasteiger partial charge in [0.25, 0.3) is 0 Å². The van der Waals surface area contributed by atoms with Crippen LogP contribution in [-0.4, -0.2) is 96.7 Å². The van der Waals surface area contributed by atoms with E-state index in [9.17, 15) is 43.2 Å². The lowest BCUT2D eigenvalue weighted by Gasteiger charge is -2.21. The molecular formula is C71H138O17P2. The zero-order valence-electron chi connectivity index (χ0n) is 58.3. The van der Waals surface area contributed by atoms with Gasteiger partial charge in [-0.2, -0.15) is 0 Å². The maximum Gasteiger partial charge on any atom is 0.472 e. The number of ether oxygens (including phenoxy) is 4. The zero-order valence-corrected chi connectivity index (χ0v) is 60.1. The van der Waals surface area contributed by atoms with E-state index in [0.29, 0.717) is 25.7 Å². The van der Waals surface area contributed by atoms with Crippen LogP contribution in [-0.2, 0) is 65.4 Å². The maximum absolute atomic E-state index is 13.0. The van der Waals surface area contributed by atoms with E-state index in [2.05, 4.69) is 34.6 Å². The molecule has 0 aromatic carbocycles. The highest BCUT2D eigenvalue weighted by molar-refractivity contribution is 7.47. The summed E-state index contributed by atoms with van der Waals surface area (Å²) in [4.78, 5) is 72.3. The molecule has 0 aromatic heterocycles. The Kier molecular flexibility index (Phi) is 63.0. The highest BCUT2D eigenvalue weighted by Crippen LogP contribution is 2.45. The first-order valence-corrected chi connectivity index (χ1v) is 40.1. The maximum atomic E-state index is 13.0. The number of carbonyl (C=O) groups excluding carboxylic acids is 4. The number of unbranched alkanes of at least 4 members (excludes halogenated alkanes) is 43. The molecule has 0 fully saturated rings. The van der Waals surface area contributed by atoms with Crippen LogP contribution in [0.2, 0.25) is 0 Å². The smallest absolute Gasteiger partial charge is 0.462 e. The average Bonchev–Trinajstić information content (AvgIpc) is 3.73. The number of phosphoric acid groups is 2. The molecule has 0 heterocycles. The molecule has 2 unspecified atom stereocenters. The van der Waals surface area contributed by atoms with E-state index in [1.165, 1.54) is 186 Å². The standard InChI is InChI=1S/C71H138O17P2/c1-6-9-12-15-17-19-21-23-24-25-26-29-34-38-42-47-52-57-71(76)88-67(61-82-69(74)55-50-45-40-36-33-30-27-28-31-35-39-44-48-53-64(4)5)63-86-90(79,80)84-59-65(72)58-83-89(77,78)85-62-66(60-81-68(73)54-49-43-14-11-8-3)87-70(75)56-51-46-41-37-32-22-20-18-16-13-10-7-2/h64-67,72H,6-63H2,1-5H3,(H,77,78)(H,79,80)/t65-,66+,67+/m0/s1. The van der Waals surface area contributed by atoms with Gasteiger partial charge in [-0.05, 0) is 31.6 Å². The summed E-state index contributed by atoms with van der Waals surface area (Å²) < 4.78 is 68.1. The second-order valence-electron chi connectivity index (χ2n) is 26.1. The molecule has 19 heteroatoms. The third-order valence-corrected chi connectivity index (χ3v) is 18.4. The lowest BCUT2D eigenvalue weighted by molar-refractivity contribution is -0.161. The summed E-state index contributed by atoms with van der Waals surface area (Å²) in [5.74, 6) is -1.34. The number of rotatable bonds is 71. The second kappa shape index (κ2) is 64.4. The van der Waals surface area contributed by atoms with Gasteiger partial charge < -0.3 is 33.8 Å². The van der Waals surface area contributed by atoms with E-state index in [-0.39, 0.29) is 25.7 Å². The van der Waals surface area contributed by atoms with Crippen molar-refractivity contribution < 1.29 is 80.2 Å². The van der Waals surface area contributed by atoms with Crippen molar-refractivity contribution in [2.45, 2.75) is 387 Å². The molecule has 0 aromatic rings. The Hall–Kier alpha value is -1.94. The summed E-state index contributed by atoms with van der Waals surface area (Å²) in [5, 5.41) is 10.6. The van der Waals surface area contributed by atoms with Gasteiger partial charge in [-0.1, -0.05) is 317 Å². The van der Waals surface area contributed by atoms with Gasteiger partial charge in [-0.3, -0.25) is 37.3 Å². The van der Waals surface area contributed by atoms with E-state index >= 15 is 0 Å². The minimum Gasteiger partial charge on any atom is -0.462 e. The minimum atomic E-state index is -4.95. The molecule has 0 saturated heterocycles. The van der Waals surface area contributed by atoms with Crippen LogP contribution in [0.5, 0.6) is 0 Å². The Bertz CT molecular complexity index is 1740. The van der Waals surface area contributed by atoms with Crippen LogP contribution in [0.1, 0.15) is 369 Å². The van der Waals surface area contributed by atoms with Gasteiger partial charge in [-0.25, -0.2) is 9.13 Å². The van der Waals surface area contributed by atoms with Crippen molar-refractivity contribution >= 4 is 39.5 Å². The molecule has 0 amide bonds. The van der Waals surface area contributed by atoms with Gasteiger partial charge in [0.1, 0.15) is 19.3 Å². The minimum absolute atomic E-state index is 0.107. The fourth-order valence-corrected chi connectivity index (χ4v) is 12.4. The fourth-order valence-electron chi connectivity index (χ4n) is 10.8. The molecule has 90 heavy (non-hydrogen) atoms. The molecule has 534 valence electrons. The summed E-state index contributed by atoms with van der Waals surface area (Å²) in [7, 11) is -9.89. The molecule has 0 aliphatic heterocycles. The molecular weight excluding hydrogens is 1190 g/mol. The van der Waals surface area contributed by atoms with Gasteiger partial charge in [0.15, 0.2) is 12.2 Å². The Morgan fingerprint density at radius 3 is 0.756 bits per heavy atom. The SMILES string of the molecule is CCCCCCCCCCCCCCCCCCCC(=O)O[C@H](COC(=O)CCCCCCCCCCCCCCCC(C)C)COP(=O)(O)OC[C@@H](O)COP(=O)(O)OC[C@@H](COC(=O)CCCCCCC)OC(=O)CCCCCCCCCCCCCC. The van der Waals surface area contributed by atoms with E-state index in [4.69, 9.17) is 37.0 Å². The Morgan fingerprint density at radius 1 is 0.300 bits per heavy atom. The van der Waals surface area contributed by atoms with E-state index in [1.807, 2.05) is 0 Å². The highest BCUT2D eigenvalue weighted by Gasteiger charge is 2.30. The van der Waals surface area contributed by atoms with Gasteiger partial charge in [-0.15, -0.1) is 0 Å². The Labute approximate surface area is 549 Å². The van der Waals surface area contributed by atoms with Crippen LogP contribution in [0.4, 0.5) is 0 Å². The van der Waals surface area contributed by atoms with Crippen molar-refractivity contribution in [3.63, 3.8) is 0 Å². The molecule has 0 aliphatic rings. The van der Waals surface area contributed by atoms with Crippen LogP contribution < -0.4 is 0 Å². The van der Waals surface area contributed by atoms with Crippen molar-refractivity contribution in [3.05, 3.63) is 0 Å². The first-order valence-electron chi connectivity index (χ1n) is 37.1. The van der Waals surface area contributed by atoms with Crippen LogP contribution in [0.3, 0.4) is 0 Å². The third kappa shape index (κ3) is 64.8. The quantitative estimate of drug-likeness (QED) is 0.0222. The number of phosphoric ester groups is 2. The summed E-state index contributed by atoms with van der Waals surface area (Å²) in [6, 6.07) is 0. The number of hydrogen-bond donors (Lipinski definition) is 3. The van der Waals surface area contributed by atoms with Crippen molar-refractivity contribution in [1.82, 2.24) is 0 Å². The normalized spacial score (nSPS) is 14.1. The monoisotopic (exact) mass is 1320 g/mol. The van der Waals surface area contributed by atoms with Crippen LogP contribution >= 0.6 is 15.6 Å². The number of esters is 4. The first-order chi connectivity index (χ1) is 43.5. The van der Waals surface area contributed by atoms with Gasteiger partial charge >= 0.3 is 39.5 Å². The number of carbonyl (C=O) groups is 4. The molecule has 0 bridgehead atoms. The van der Waals surface area contributed by atoms with Crippen LogP contribution in [0, 0.1) is 5.92 Å². The Balaban J connectivity index is 5.15. The molecule has 5 atom stereocenters. The van der Waals surface area contributed by atoms with E-state index in [1.54, 1.807) is 0 Å². The first kappa shape index (κ1) is 88.1. The third-order valence-electron chi connectivity index (χ3n) is 16.5. The molecule has 0 radical (unpaired) electrons. The number of hydrogen-bond acceptors (Lipinski definition) is 15. The summed E-state index contributed by atoms with van der Waals surface area (Å²) >= 11 is 0. The van der Waals surface area contributed by atoms with Crippen molar-refractivity contribution in [2.75, 3.05) is 39.6 Å². The molecule has 3 N–H and O–H groups in total. The summed E-state index contributed by atoms with van der Waals surface area (Å²) in [6.07, 6.45) is 51.7. The largest absolute Gasteiger partial charge is 0.472 e. The van der Waals surface area contributed by atoms with E-state index in [0.717, 1.165) is 102 Å². The van der Waals surface area contributed by atoms with Gasteiger partial charge in [0.05, 0.1) is 26.4 Å². The molecule has 0 aliphatic carbocycles. The fraction of sp³-hybridized carbons (Fsp3) is 0.944. The van der Waals surface area contributed by atoms with Crippen LogP contribution in [0.15, 0.2) is 0 Å². The average molecular weight is 1330 g/mol. The lowest BCUT2D eigenvalue weighted by atomic mass is 10.0. The number of aliphatic hydroxyl groups is 1. The summed E-state index contributed by atoms with van der Waals surface area (Å²) in [6.45, 7) is 7.19. The number of aliphatic hydroxyl groups excluding tert-OH is 1. The molecule has 0 spiro atoms. The Morgan fingerprint density at radius 2 is 0.511 bits per heavy atom. The highest BCUT2D eigenvalue weighted by atomic mass is 31.2. The molecule has 0 rings (SSSR count). The molecule has 0 saturated carbocycles. The van der Waals surface area contributed by atoms with Crippen LogP contribution in [0.25, 0.3) is 0 Å². The van der Waals surface area contributed by atoms with Gasteiger partial charge in [0.2, 0.25) is 0 Å². The predicted molar refractivity (Wildman–Crippen MR) is 363 cm³/mol. The van der Waals surface area contributed by atoms with Gasteiger partial charge in [0, 0.05) is 25.7 Å². The molecule has 17 nitrogen and oxygen atoms in total. The van der Waals surface area contributed by atoms with Crippen molar-refractivity contribution in [2.24, 2.45) is 5.92 Å². The second-order valence-corrected chi connectivity index (χ2v) is 29.0. The van der Waals surface area contributed by atoms with Crippen molar-refractivity contribution in [3.8, 4) is 0 Å². The topological polar surface area (TPSA) is 237 Å². The zero-order chi connectivity index (χ0) is 66.3. The van der Waals surface area contributed by atoms with E-state index < -0.39 is 97.5 Å². The predicted octanol–water partition coefficient (Wildman–Crippen LogP) is 20.5.